The summed E-state index contributed by atoms with van der Waals surface area (Å²) in [6.45, 7) is 0. The van der Waals surface area contributed by atoms with Crippen molar-refractivity contribution in [3.63, 3.8) is 0 Å². The highest BCUT2D eigenvalue weighted by Gasteiger charge is 2.57. The molecular formula is C18H22BrF3N2O2. The summed E-state index contributed by atoms with van der Waals surface area (Å²) < 4.78 is 46.6. The van der Waals surface area contributed by atoms with Crippen LogP contribution in [-0.2, 0) is 16.6 Å². The fourth-order valence-corrected chi connectivity index (χ4v) is 7.43. The van der Waals surface area contributed by atoms with Gasteiger partial charge in [0, 0.05) is 23.8 Å². The highest BCUT2D eigenvalue weighted by atomic mass is 79.9. The molecule has 0 unspecified atom stereocenters. The molecule has 0 amide bonds. The zero-order chi connectivity index (χ0) is 18.7. The number of hydrogen-bond acceptors (Lipinski definition) is 3. The SMILES string of the molecule is Cn1ccnc1[C@H](OC(=O)CC12C[C@H]3C[C@@H](CC(Br)(C3)C1)C2)C(F)(F)F. The van der Waals surface area contributed by atoms with Gasteiger partial charge in [-0.05, 0) is 55.8 Å². The molecule has 4 aliphatic rings. The number of halogens is 4. The Labute approximate surface area is 158 Å². The summed E-state index contributed by atoms with van der Waals surface area (Å²) in [5.74, 6) is 0.0643. The van der Waals surface area contributed by atoms with Gasteiger partial charge in [-0.1, -0.05) is 15.9 Å². The van der Waals surface area contributed by atoms with E-state index in [-0.39, 0.29) is 22.0 Å². The fraction of sp³-hybridized carbons (Fsp3) is 0.778. The summed E-state index contributed by atoms with van der Waals surface area (Å²) in [6, 6.07) is 0. The van der Waals surface area contributed by atoms with Gasteiger partial charge in [0.25, 0.3) is 6.10 Å². The number of aryl methyl sites for hydroxylation is 1. The first-order chi connectivity index (χ1) is 12.1. The summed E-state index contributed by atoms with van der Waals surface area (Å²) in [5, 5.41) is 0. The Balaban J connectivity index is 1.50. The van der Waals surface area contributed by atoms with Crippen molar-refractivity contribution in [3.8, 4) is 0 Å². The lowest BCUT2D eigenvalue weighted by molar-refractivity contribution is -0.228. The number of aromatic nitrogens is 2. The molecule has 1 heterocycles. The van der Waals surface area contributed by atoms with E-state index in [2.05, 4.69) is 20.9 Å². The number of nitrogens with zero attached hydrogens (tertiary/aromatic N) is 2. The summed E-state index contributed by atoms with van der Waals surface area (Å²) in [7, 11) is 1.46. The first kappa shape index (κ1) is 18.3. The fourth-order valence-electron chi connectivity index (χ4n) is 5.92. The number of imidazole rings is 1. The number of hydrogen-bond donors (Lipinski definition) is 0. The normalized spacial score (nSPS) is 37.0. The Hall–Kier alpha value is -1.05. The smallest absolute Gasteiger partial charge is 0.432 e. The third-order valence-electron chi connectivity index (χ3n) is 6.27. The van der Waals surface area contributed by atoms with Crippen molar-refractivity contribution in [3.05, 3.63) is 18.2 Å². The van der Waals surface area contributed by atoms with Crippen LogP contribution < -0.4 is 0 Å². The Bertz CT molecular complexity index is 704. The molecular weight excluding hydrogens is 413 g/mol. The van der Waals surface area contributed by atoms with E-state index in [1.165, 1.54) is 30.4 Å². The second kappa shape index (κ2) is 5.97. The lowest BCUT2D eigenvalue weighted by Crippen LogP contribution is -2.53. The lowest BCUT2D eigenvalue weighted by Gasteiger charge is -2.60. The first-order valence-corrected chi connectivity index (χ1v) is 9.79. The van der Waals surface area contributed by atoms with Crippen molar-refractivity contribution in [2.45, 2.75) is 61.6 Å². The largest absolute Gasteiger partial charge is 0.444 e. The van der Waals surface area contributed by atoms with E-state index in [1.807, 2.05) is 0 Å². The predicted octanol–water partition coefficient (Wildman–Crippen LogP) is 4.69. The van der Waals surface area contributed by atoms with Crippen molar-refractivity contribution in [2.75, 3.05) is 0 Å². The number of rotatable bonds is 4. The molecule has 0 spiro atoms. The van der Waals surface area contributed by atoms with Crippen LogP contribution >= 0.6 is 15.9 Å². The van der Waals surface area contributed by atoms with Crippen LogP contribution in [0, 0.1) is 17.3 Å². The van der Waals surface area contributed by atoms with Gasteiger partial charge in [-0.15, -0.1) is 0 Å². The number of alkyl halides is 4. The molecule has 144 valence electrons. The molecule has 1 aromatic heterocycles. The molecule has 8 heteroatoms. The number of esters is 1. The van der Waals surface area contributed by atoms with Gasteiger partial charge in [0.1, 0.15) is 0 Å². The van der Waals surface area contributed by atoms with Gasteiger partial charge in [0.05, 0.1) is 6.42 Å². The molecule has 26 heavy (non-hydrogen) atoms. The third kappa shape index (κ3) is 3.29. The summed E-state index contributed by atoms with van der Waals surface area (Å²) in [4.78, 5) is 16.3. The topological polar surface area (TPSA) is 44.1 Å². The number of carbonyl (C=O) groups excluding carboxylic acids is 1. The van der Waals surface area contributed by atoms with E-state index in [1.54, 1.807) is 0 Å². The van der Waals surface area contributed by atoms with E-state index in [0.29, 0.717) is 11.8 Å². The molecule has 0 aromatic carbocycles. The minimum atomic E-state index is -4.69. The Morgan fingerprint density at radius 3 is 2.54 bits per heavy atom. The minimum Gasteiger partial charge on any atom is -0.444 e. The van der Waals surface area contributed by atoms with Crippen molar-refractivity contribution in [1.82, 2.24) is 9.55 Å². The minimum absolute atomic E-state index is 0.0560. The molecule has 3 atom stereocenters. The van der Waals surface area contributed by atoms with E-state index in [9.17, 15) is 18.0 Å². The van der Waals surface area contributed by atoms with Crippen LogP contribution in [-0.4, -0.2) is 26.0 Å². The Morgan fingerprint density at radius 2 is 2.04 bits per heavy atom. The van der Waals surface area contributed by atoms with Gasteiger partial charge in [-0.3, -0.25) is 4.79 Å². The van der Waals surface area contributed by atoms with Crippen LogP contribution in [0.4, 0.5) is 13.2 Å². The molecule has 4 saturated carbocycles. The van der Waals surface area contributed by atoms with Crippen LogP contribution in [0.15, 0.2) is 12.4 Å². The predicted molar refractivity (Wildman–Crippen MR) is 91.5 cm³/mol. The van der Waals surface area contributed by atoms with Crippen molar-refractivity contribution in [1.29, 1.82) is 0 Å². The Kier molecular flexibility index (Phi) is 4.21. The molecule has 0 N–H and O–H groups in total. The molecule has 4 fully saturated rings. The molecule has 4 aliphatic carbocycles. The van der Waals surface area contributed by atoms with Gasteiger partial charge in [0.15, 0.2) is 5.82 Å². The zero-order valence-corrected chi connectivity index (χ0v) is 16.1. The van der Waals surface area contributed by atoms with E-state index in [0.717, 1.165) is 32.1 Å². The summed E-state index contributed by atoms with van der Waals surface area (Å²) in [6.07, 6.45) is 1.83. The monoisotopic (exact) mass is 434 g/mol. The van der Waals surface area contributed by atoms with Gasteiger partial charge >= 0.3 is 12.1 Å². The van der Waals surface area contributed by atoms with Crippen LogP contribution in [0.3, 0.4) is 0 Å². The van der Waals surface area contributed by atoms with Crippen LogP contribution in [0.2, 0.25) is 0 Å². The van der Waals surface area contributed by atoms with Crippen LogP contribution in [0.5, 0.6) is 0 Å². The van der Waals surface area contributed by atoms with Crippen LogP contribution in [0.25, 0.3) is 0 Å². The van der Waals surface area contributed by atoms with Gasteiger partial charge in [-0.25, -0.2) is 4.98 Å². The maximum atomic E-state index is 13.4. The summed E-state index contributed by atoms with van der Waals surface area (Å²) in [5.41, 5.74) is -0.220. The van der Waals surface area contributed by atoms with Crippen LogP contribution in [0.1, 0.15) is 56.9 Å². The van der Waals surface area contributed by atoms with Gasteiger partial charge < -0.3 is 9.30 Å². The standard InChI is InChI=1S/C18H22BrF3N2O2/c1-24-3-2-23-15(24)14(18(20,21)22)26-13(25)9-16-5-11-4-12(6-16)8-17(19,7-11)10-16/h2-3,11-12,14H,4-10H2,1H3/t11-,12-,14+,16?,17?/m1/s1. The molecule has 4 bridgehead atoms. The molecule has 0 aliphatic heterocycles. The first-order valence-electron chi connectivity index (χ1n) is 9.00. The number of carbonyl (C=O) groups is 1. The second-order valence-corrected chi connectivity index (χ2v) is 10.3. The maximum Gasteiger partial charge on any atom is 0.432 e. The second-order valence-electron chi connectivity index (χ2n) is 8.60. The van der Waals surface area contributed by atoms with Crippen molar-refractivity contribution < 1.29 is 22.7 Å². The van der Waals surface area contributed by atoms with E-state index < -0.39 is 18.2 Å². The third-order valence-corrected chi connectivity index (χ3v) is 7.20. The van der Waals surface area contributed by atoms with Crippen molar-refractivity contribution in [2.24, 2.45) is 24.3 Å². The van der Waals surface area contributed by atoms with Gasteiger partial charge in [-0.2, -0.15) is 13.2 Å². The highest BCUT2D eigenvalue weighted by Crippen LogP contribution is 2.65. The number of ether oxygens (including phenoxy) is 1. The molecule has 0 saturated heterocycles. The van der Waals surface area contributed by atoms with E-state index >= 15 is 0 Å². The van der Waals surface area contributed by atoms with Gasteiger partial charge in [0.2, 0.25) is 0 Å². The molecule has 0 radical (unpaired) electrons. The summed E-state index contributed by atoms with van der Waals surface area (Å²) >= 11 is 3.86. The average Bonchev–Trinajstić information content (AvgIpc) is 2.86. The highest BCUT2D eigenvalue weighted by molar-refractivity contribution is 9.10. The van der Waals surface area contributed by atoms with E-state index in [4.69, 9.17) is 4.74 Å². The average molecular weight is 435 g/mol. The molecule has 5 rings (SSSR count). The maximum absolute atomic E-state index is 13.4. The van der Waals surface area contributed by atoms with Crippen molar-refractivity contribution >= 4 is 21.9 Å². The zero-order valence-electron chi connectivity index (χ0n) is 14.6. The Morgan fingerprint density at radius 1 is 1.38 bits per heavy atom. The molecule has 4 nitrogen and oxygen atoms in total. The quantitative estimate of drug-likeness (QED) is 0.509. The molecule has 1 aromatic rings. The lowest BCUT2D eigenvalue weighted by atomic mass is 9.49.